The highest BCUT2D eigenvalue weighted by atomic mass is 16.7. The number of amides is 2. The van der Waals surface area contributed by atoms with Gasteiger partial charge in [-0.1, -0.05) is 12.1 Å². The lowest BCUT2D eigenvalue weighted by atomic mass is 10.1. The monoisotopic (exact) mass is 290 g/mol. The molecule has 2 heterocycles. The molecule has 0 bridgehead atoms. The van der Waals surface area contributed by atoms with Crippen LogP contribution >= 0.6 is 0 Å². The molecule has 1 fully saturated rings. The van der Waals surface area contributed by atoms with E-state index in [4.69, 9.17) is 9.47 Å². The van der Waals surface area contributed by atoms with E-state index in [2.05, 4.69) is 0 Å². The smallest absolute Gasteiger partial charge is 0.231 e. The molecule has 1 aromatic rings. The molecule has 0 atom stereocenters. The quantitative estimate of drug-likeness (QED) is 0.764. The Hall–Kier alpha value is -2.24. The SMILES string of the molecule is O=CN1CCN(C(=O)CCc2cccc3c2OCO3)CC1. The van der Waals surface area contributed by atoms with Crippen LogP contribution in [0.2, 0.25) is 0 Å². The van der Waals surface area contributed by atoms with Crippen molar-refractivity contribution in [2.45, 2.75) is 12.8 Å². The maximum absolute atomic E-state index is 12.2. The molecule has 3 rings (SSSR count). The van der Waals surface area contributed by atoms with Crippen molar-refractivity contribution in [2.75, 3.05) is 33.0 Å². The summed E-state index contributed by atoms with van der Waals surface area (Å²) in [6.07, 6.45) is 1.92. The van der Waals surface area contributed by atoms with Crippen molar-refractivity contribution in [3.63, 3.8) is 0 Å². The molecule has 2 aliphatic rings. The molecule has 112 valence electrons. The Balaban J connectivity index is 1.55. The lowest BCUT2D eigenvalue weighted by Gasteiger charge is -2.32. The normalized spacial score (nSPS) is 17.0. The second-order valence-electron chi connectivity index (χ2n) is 5.17. The van der Waals surface area contributed by atoms with Crippen LogP contribution in [0.5, 0.6) is 11.5 Å². The average Bonchev–Trinajstić information content (AvgIpc) is 3.02. The molecule has 2 amide bonds. The van der Waals surface area contributed by atoms with Gasteiger partial charge in [0.25, 0.3) is 0 Å². The lowest BCUT2D eigenvalue weighted by Crippen LogP contribution is -2.48. The highest BCUT2D eigenvalue weighted by molar-refractivity contribution is 5.77. The molecule has 0 spiro atoms. The summed E-state index contributed by atoms with van der Waals surface area (Å²) < 4.78 is 10.8. The summed E-state index contributed by atoms with van der Waals surface area (Å²) in [5.41, 5.74) is 1.00. The first-order valence-corrected chi connectivity index (χ1v) is 7.12. The number of hydrogen-bond acceptors (Lipinski definition) is 4. The molecule has 1 aromatic carbocycles. The van der Waals surface area contributed by atoms with E-state index in [0.29, 0.717) is 39.0 Å². The molecule has 0 aliphatic carbocycles. The summed E-state index contributed by atoms with van der Waals surface area (Å²) in [4.78, 5) is 26.4. The molecule has 0 aromatic heterocycles. The molecule has 0 radical (unpaired) electrons. The molecule has 6 nitrogen and oxygen atoms in total. The van der Waals surface area contributed by atoms with E-state index in [9.17, 15) is 9.59 Å². The number of aryl methyl sites for hydroxylation is 1. The van der Waals surface area contributed by atoms with Gasteiger partial charge in [0.15, 0.2) is 11.5 Å². The third-order valence-corrected chi connectivity index (χ3v) is 3.90. The van der Waals surface area contributed by atoms with Gasteiger partial charge in [0.1, 0.15) is 0 Å². The van der Waals surface area contributed by atoms with Crippen LogP contribution in [-0.4, -0.2) is 55.1 Å². The van der Waals surface area contributed by atoms with E-state index in [1.807, 2.05) is 23.1 Å². The van der Waals surface area contributed by atoms with Crippen LogP contribution < -0.4 is 9.47 Å². The van der Waals surface area contributed by atoms with Crippen molar-refractivity contribution in [1.29, 1.82) is 0 Å². The van der Waals surface area contributed by atoms with Crippen molar-refractivity contribution >= 4 is 12.3 Å². The van der Waals surface area contributed by atoms with E-state index in [0.717, 1.165) is 23.5 Å². The van der Waals surface area contributed by atoms with Crippen LogP contribution in [0.15, 0.2) is 18.2 Å². The number of rotatable bonds is 4. The number of ether oxygens (including phenoxy) is 2. The van der Waals surface area contributed by atoms with Crippen LogP contribution in [-0.2, 0) is 16.0 Å². The third-order valence-electron chi connectivity index (χ3n) is 3.90. The minimum absolute atomic E-state index is 0.122. The molecule has 0 saturated carbocycles. The van der Waals surface area contributed by atoms with Gasteiger partial charge in [-0.25, -0.2) is 0 Å². The fourth-order valence-corrected chi connectivity index (χ4v) is 2.66. The highest BCUT2D eigenvalue weighted by Crippen LogP contribution is 2.35. The fraction of sp³-hybridized carbons (Fsp3) is 0.467. The van der Waals surface area contributed by atoms with E-state index in [-0.39, 0.29) is 12.7 Å². The van der Waals surface area contributed by atoms with Crippen molar-refractivity contribution in [3.05, 3.63) is 23.8 Å². The molecule has 1 saturated heterocycles. The van der Waals surface area contributed by atoms with Crippen LogP contribution in [0.4, 0.5) is 0 Å². The summed E-state index contributed by atoms with van der Waals surface area (Å²) in [7, 11) is 0. The Morgan fingerprint density at radius 1 is 1.19 bits per heavy atom. The van der Waals surface area contributed by atoms with Gasteiger partial charge in [0, 0.05) is 32.6 Å². The largest absolute Gasteiger partial charge is 0.454 e. The highest BCUT2D eigenvalue weighted by Gasteiger charge is 2.22. The minimum atomic E-state index is 0.122. The first-order valence-electron chi connectivity index (χ1n) is 7.12. The average molecular weight is 290 g/mol. The van der Waals surface area contributed by atoms with Crippen LogP contribution in [0.1, 0.15) is 12.0 Å². The summed E-state index contributed by atoms with van der Waals surface area (Å²) in [6, 6.07) is 5.74. The summed E-state index contributed by atoms with van der Waals surface area (Å²) >= 11 is 0. The van der Waals surface area contributed by atoms with Crippen molar-refractivity contribution in [2.24, 2.45) is 0 Å². The number of para-hydroxylation sites is 1. The number of piperazine rings is 1. The molecule has 6 heteroatoms. The van der Waals surface area contributed by atoms with Crippen molar-refractivity contribution in [3.8, 4) is 11.5 Å². The zero-order valence-corrected chi connectivity index (χ0v) is 11.8. The van der Waals surface area contributed by atoms with Gasteiger partial charge in [0.05, 0.1) is 0 Å². The Morgan fingerprint density at radius 2 is 2.00 bits per heavy atom. The first kappa shape index (κ1) is 13.7. The van der Waals surface area contributed by atoms with Gasteiger partial charge in [-0.05, 0) is 18.1 Å². The summed E-state index contributed by atoms with van der Waals surface area (Å²) in [5.74, 6) is 1.63. The van der Waals surface area contributed by atoms with Gasteiger partial charge in [-0.3, -0.25) is 9.59 Å². The number of hydrogen-bond donors (Lipinski definition) is 0. The number of carbonyl (C=O) groups is 2. The van der Waals surface area contributed by atoms with Crippen molar-refractivity contribution < 1.29 is 19.1 Å². The molecule has 0 unspecified atom stereocenters. The maximum atomic E-state index is 12.2. The number of benzene rings is 1. The fourth-order valence-electron chi connectivity index (χ4n) is 2.66. The maximum Gasteiger partial charge on any atom is 0.231 e. The van der Waals surface area contributed by atoms with Gasteiger partial charge < -0.3 is 19.3 Å². The van der Waals surface area contributed by atoms with Gasteiger partial charge >= 0.3 is 0 Å². The third kappa shape index (κ3) is 2.94. The van der Waals surface area contributed by atoms with Crippen LogP contribution in [0.3, 0.4) is 0 Å². The van der Waals surface area contributed by atoms with Crippen LogP contribution in [0.25, 0.3) is 0 Å². The summed E-state index contributed by atoms with van der Waals surface area (Å²) in [6.45, 7) is 2.71. The standard InChI is InChI=1S/C15H18N2O4/c18-10-16-6-8-17(9-7-16)14(19)5-4-12-2-1-3-13-15(12)21-11-20-13/h1-3,10H,4-9,11H2. The minimum Gasteiger partial charge on any atom is -0.454 e. The van der Waals surface area contributed by atoms with E-state index >= 15 is 0 Å². The predicted molar refractivity (Wildman–Crippen MR) is 75.1 cm³/mol. The Kier molecular flexibility index (Phi) is 3.94. The molecule has 21 heavy (non-hydrogen) atoms. The zero-order chi connectivity index (χ0) is 14.7. The molecule has 0 N–H and O–H groups in total. The van der Waals surface area contributed by atoms with Gasteiger partial charge in [-0.15, -0.1) is 0 Å². The van der Waals surface area contributed by atoms with Crippen molar-refractivity contribution in [1.82, 2.24) is 9.80 Å². The molecule has 2 aliphatic heterocycles. The second kappa shape index (κ2) is 6.03. The van der Waals surface area contributed by atoms with E-state index in [1.54, 1.807) is 4.90 Å². The second-order valence-corrected chi connectivity index (χ2v) is 5.17. The van der Waals surface area contributed by atoms with E-state index < -0.39 is 0 Å². The number of carbonyl (C=O) groups excluding carboxylic acids is 2. The topological polar surface area (TPSA) is 59.1 Å². The number of nitrogens with zero attached hydrogens (tertiary/aromatic N) is 2. The Bertz CT molecular complexity index is 538. The Morgan fingerprint density at radius 3 is 2.76 bits per heavy atom. The first-order chi connectivity index (χ1) is 10.3. The summed E-state index contributed by atoms with van der Waals surface area (Å²) in [5, 5.41) is 0. The Labute approximate surface area is 123 Å². The predicted octanol–water partition coefficient (Wildman–Crippen LogP) is 0.648. The molecular formula is C15H18N2O4. The lowest BCUT2D eigenvalue weighted by molar-refractivity contribution is -0.135. The van der Waals surface area contributed by atoms with Gasteiger partial charge in [0.2, 0.25) is 19.1 Å². The van der Waals surface area contributed by atoms with Crippen LogP contribution in [0, 0.1) is 0 Å². The van der Waals surface area contributed by atoms with Gasteiger partial charge in [-0.2, -0.15) is 0 Å². The molecular weight excluding hydrogens is 272 g/mol. The zero-order valence-electron chi connectivity index (χ0n) is 11.8. The van der Waals surface area contributed by atoms with E-state index in [1.165, 1.54) is 0 Å². The number of fused-ring (bicyclic) bond motifs is 1.